The Balaban J connectivity index is 1.05. The van der Waals surface area contributed by atoms with Crippen molar-refractivity contribution in [1.82, 2.24) is 15.0 Å². The van der Waals surface area contributed by atoms with E-state index < -0.39 is 10.8 Å². The van der Waals surface area contributed by atoms with Crippen LogP contribution in [-0.2, 0) is 10.8 Å². The first-order valence-corrected chi connectivity index (χ1v) is 23.3. The Morgan fingerprint density at radius 3 is 0.926 bits per heavy atom. The lowest BCUT2D eigenvalue weighted by molar-refractivity contribution is 0.415. The minimum atomic E-state index is -0.703. The maximum atomic E-state index is 5.01. The number of rotatable bonds is 9. The summed E-state index contributed by atoms with van der Waals surface area (Å²) < 4.78 is 0. The Morgan fingerprint density at radius 2 is 0.500 bits per heavy atom. The minimum Gasteiger partial charge on any atom is -0.208 e. The van der Waals surface area contributed by atoms with Gasteiger partial charge in [0.25, 0.3) is 0 Å². The number of hydrogen-bond donors (Lipinski definition) is 0. The van der Waals surface area contributed by atoms with Crippen LogP contribution in [0.2, 0.25) is 0 Å². The van der Waals surface area contributed by atoms with Crippen molar-refractivity contribution in [1.29, 1.82) is 0 Å². The molecule has 0 N–H and O–H groups in total. The summed E-state index contributed by atoms with van der Waals surface area (Å²) in [6.07, 6.45) is 0. The molecule has 3 nitrogen and oxygen atoms in total. The van der Waals surface area contributed by atoms with Gasteiger partial charge >= 0.3 is 0 Å². The van der Waals surface area contributed by atoms with Crippen LogP contribution in [-0.4, -0.2) is 15.0 Å². The van der Waals surface area contributed by atoms with E-state index in [1.165, 1.54) is 44.5 Å². The molecule has 0 saturated carbocycles. The molecule has 0 fully saturated rings. The summed E-state index contributed by atoms with van der Waals surface area (Å²) in [7, 11) is 0. The molecule has 1 heterocycles. The number of nitrogens with zero attached hydrogens (tertiary/aromatic N) is 3. The predicted octanol–water partition coefficient (Wildman–Crippen LogP) is 15.6. The number of benzene rings is 10. The Labute approximate surface area is 397 Å². The van der Waals surface area contributed by atoms with Crippen LogP contribution in [0, 0.1) is 0 Å². The van der Waals surface area contributed by atoms with Gasteiger partial charge in [0.2, 0.25) is 0 Å². The third-order valence-corrected chi connectivity index (χ3v) is 13.8. The smallest absolute Gasteiger partial charge is 0.164 e. The summed E-state index contributed by atoms with van der Waals surface area (Å²) >= 11 is 0. The first-order valence-electron chi connectivity index (χ1n) is 23.3. The molecule has 1 aliphatic rings. The molecule has 68 heavy (non-hydrogen) atoms. The van der Waals surface area contributed by atoms with Crippen LogP contribution in [0.25, 0.3) is 67.5 Å². The molecule has 0 unspecified atom stereocenters. The van der Waals surface area contributed by atoms with Crippen molar-refractivity contribution >= 4 is 0 Å². The van der Waals surface area contributed by atoms with Crippen molar-refractivity contribution in [2.24, 2.45) is 0 Å². The molecule has 0 aliphatic heterocycles. The maximum Gasteiger partial charge on any atom is 0.164 e. The Hall–Kier alpha value is -8.79. The fourth-order valence-electron chi connectivity index (χ4n) is 11.0. The molecule has 3 heteroatoms. The first kappa shape index (κ1) is 40.7. The SMILES string of the molecule is c1ccc(-c2nc(-c3ccccc3)nc(-c3ccc(-c4ccccc4-c4ccc5c(c4)-c4ccccc4C(c4ccccc4)(c4ccccc4)C5(c4ccccc4)c4ccccc4)cc3)n2)cc1. The largest absolute Gasteiger partial charge is 0.208 e. The van der Waals surface area contributed by atoms with Crippen LogP contribution in [0.3, 0.4) is 0 Å². The lowest BCUT2D eigenvalue weighted by Gasteiger charge is -2.57. The summed E-state index contributed by atoms with van der Waals surface area (Å²) in [6, 6.07) is 98.7. The van der Waals surface area contributed by atoms with Crippen LogP contribution in [0.4, 0.5) is 0 Å². The van der Waals surface area contributed by atoms with E-state index >= 15 is 0 Å². The maximum absolute atomic E-state index is 5.01. The van der Waals surface area contributed by atoms with Crippen LogP contribution in [0.15, 0.2) is 273 Å². The monoisotopic (exact) mass is 867 g/mol. The van der Waals surface area contributed by atoms with E-state index in [2.05, 4.69) is 212 Å². The second kappa shape index (κ2) is 17.2. The molecule has 0 atom stereocenters. The Morgan fingerprint density at radius 1 is 0.206 bits per heavy atom. The minimum absolute atomic E-state index is 0.633. The number of fused-ring (bicyclic) bond motifs is 3. The van der Waals surface area contributed by atoms with E-state index in [0.717, 1.165) is 38.9 Å². The average Bonchev–Trinajstić information content (AvgIpc) is 3.44. The van der Waals surface area contributed by atoms with Gasteiger partial charge in [-0.3, -0.25) is 0 Å². The van der Waals surface area contributed by atoms with Crippen LogP contribution in [0.1, 0.15) is 33.4 Å². The molecule has 10 aromatic carbocycles. The van der Waals surface area contributed by atoms with E-state index in [0.29, 0.717) is 17.5 Å². The van der Waals surface area contributed by atoms with Gasteiger partial charge in [0.15, 0.2) is 17.5 Å². The second-order valence-corrected chi connectivity index (χ2v) is 17.4. The van der Waals surface area contributed by atoms with Crippen molar-refractivity contribution in [2.45, 2.75) is 10.8 Å². The summed E-state index contributed by atoms with van der Waals surface area (Å²) in [6.45, 7) is 0. The second-order valence-electron chi connectivity index (χ2n) is 17.4. The average molecular weight is 868 g/mol. The Kier molecular flexibility index (Phi) is 10.3. The van der Waals surface area contributed by atoms with E-state index in [9.17, 15) is 0 Å². The predicted molar refractivity (Wildman–Crippen MR) is 278 cm³/mol. The van der Waals surface area contributed by atoms with Crippen LogP contribution < -0.4 is 0 Å². The highest BCUT2D eigenvalue weighted by Gasteiger charge is 2.61. The third-order valence-electron chi connectivity index (χ3n) is 13.8. The standard InChI is InChI=1S/C65H45N3/c1-7-23-47(24-8-1)61-66-62(48-25-9-2-10-26-48)68-63(67-61)49-41-39-46(40-42-49)55-35-19-20-36-56(55)50-43-44-60-58(45-50)57-37-21-22-38-59(57)64(51-27-11-3-12-28-51,52-29-13-4-14-30-52)65(60,53-31-15-5-16-32-53)54-33-17-6-18-34-54/h1-45H. The lowest BCUT2D eigenvalue weighted by atomic mass is 9.43. The van der Waals surface area contributed by atoms with E-state index in [4.69, 9.17) is 15.0 Å². The zero-order valence-electron chi connectivity index (χ0n) is 37.3. The third kappa shape index (κ3) is 6.62. The van der Waals surface area contributed by atoms with Crippen molar-refractivity contribution in [2.75, 3.05) is 0 Å². The quantitative estimate of drug-likeness (QED) is 0.145. The molecule has 1 aliphatic carbocycles. The molecule has 11 aromatic rings. The van der Waals surface area contributed by atoms with Crippen molar-refractivity contribution < 1.29 is 0 Å². The highest BCUT2D eigenvalue weighted by molar-refractivity contribution is 5.91. The topological polar surface area (TPSA) is 38.7 Å². The number of aromatic nitrogens is 3. The van der Waals surface area contributed by atoms with Gasteiger partial charge in [0.05, 0.1) is 10.8 Å². The summed E-state index contributed by atoms with van der Waals surface area (Å²) in [4.78, 5) is 14.9. The van der Waals surface area contributed by atoms with Crippen LogP contribution in [0.5, 0.6) is 0 Å². The normalized spacial score (nSPS) is 13.2. The molecule has 0 bridgehead atoms. The molecule has 320 valence electrons. The molecule has 1 aromatic heterocycles. The molecule has 0 radical (unpaired) electrons. The highest BCUT2D eigenvalue weighted by atomic mass is 15.0. The molecular weight excluding hydrogens is 823 g/mol. The molecule has 12 rings (SSSR count). The van der Waals surface area contributed by atoms with Gasteiger partial charge in [-0.25, -0.2) is 15.0 Å². The molecule has 0 saturated heterocycles. The van der Waals surface area contributed by atoms with Gasteiger partial charge in [0, 0.05) is 16.7 Å². The van der Waals surface area contributed by atoms with Gasteiger partial charge in [-0.05, 0) is 72.8 Å². The molecule has 0 amide bonds. The Bertz CT molecular complexity index is 3390. The van der Waals surface area contributed by atoms with E-state index in [-0.39, 0.29) is 0 Å². The van der Waals surface area contributed by atoms with Gasteiger partial charge in [0.1, 0.15) is 0 Å². The van der Waals surface area contributed by atoms with Gasteiger partial charge in [-0.15, -0.1) is 0 Å². The van der Waals surface area contributed by atoms with Crippen molar-refractivity contribution in [3.05, 3.63) is 306 Å². The summed E-state index contributed by atoms with van der Waals surface area (Å²) in [5.74, 6) is 1.92. The number of hydrogen-bond acceptors (Lipinski definition) is 3. The van der Waals surface area contributed by atoms with Crippen molar-refractivity contribution in [3.63, 3.8) is 0 Å². The van der Waals surface area contributed by atoms with Gasteiger partial charge in [-0.2, -0.15) is 0 Å². The fourth-order valence-corrected chi connectivity index (χ4v) is 11.0. The lowest BCUT2D eigenvalue weighted by Crippen LogP contribution is -2.54. The van der Waals surface area contributed by atoms with Crippen LogP contribution >= 0.6 is 0 Å². The zero-order valence-corrected chi connectivity index (χ0v) is 37.3. The van der Waals surface area contributed by atoms with E-state index in [1.54, 1.807) is 0 Å². The molecule has 0 spiro atoms. The van der Waals surface area contributed by atoms with E-state index in [1.807, 2.05) is 60.7 Å². The fraction of sp³-hybridized carbons (Fsp3) is 0.0308. The summed E-state index contributed by atoms with van der Waals surface area (Å²) in [5, 5.41) is 0. The summed E-state index contributed by atoms with van der Waals surface area (Å²) in [5.41, 5.74) is 15.9. The first-order chi connectivity index (χ1) is 33.7. The zero-order chi connectivity index (χ0) is 45.3. The van der Waals surface area contributed by atoms with Crippen molar-refractivity contribution in [3.8, 4) is 67.5 Å². The molecular formula is C65H45N3. The van der Waals surface area contributed by atoms with Gasteiger partial charge in [-0.1, -0.05) is 267 Å². The highest BCUT2D eigenvalue weighted by Crippen LogP contribution is 2.65. The van der Waals surface area contributed by atoms with Gasteiger partial charge < -0.3 is 0 Å².